The smallest absolute Gasteiger partial charge is 0.0547 e. The lowest BCUT2D eigenvalue weighted by Crippen LogP contribution is -2.11. The number of nitrogens with zero attached hydrogens (tertiary/aromatic N) is 2. The average Bonchev–Trinajstić information content (AvgIpc) is 3.70. The fourth-order valence-electron chi connectivity index (χ4n) is 9.70. The molecule has 0 fully saturated rings. The molecule has 290 valence electrons. The second-order valence-electron chi connectivity index (χ2n) is 16.1. The molecule has 1 heterocycles. The fourth-order valence-corrected chi connectivity index (χ4v) is 9.70. The Bertz CT molecular complexity index is 3620. The monoisotopic (exact) mass is 788 g/mol. The van der Waals surface area contributed by atoms with E-state index in [1.54, 1.807) is 0 Å². The van der Waals surface area contributed by atoms with Gasteiger partial charge in [-0.2, -0.15) is 0 Å². The Kier molecular flexibility index (Phi) is 8.53. The van der Waals surface area contributed by atoms with E-state index in [0.29, 0.717) is 0 Å². The van der Waals surface area contributed by atoms with Gasteiger partial charge in [0.05, 0.1) is 16.7 Å². The summed E-state index contributed by atoms with van der Waals surface area (Å²) in [6.45, 7) is 0. The number of hydrogen-bond donors (Lipinski definition) is 0. The third-order valence-corrected chi connectivity index (χ3v) is 12.5. The van der Waals surface area contributed by atoms with Gasteiger partial charge in [-0.15, -0.1) is 0 Å². The minimum absolute atomic E-state index is 1.09. The maximum Gasteiger partial charge on any atom is 0.0547 e. The van der Waals surface area contributed by atoms with Crippen molar-refractivity contribution in [2.75, 3.05) is 4.90 Å². The van der Waals surface area contributed by atoms with E-state index >= 15 is 0 Å². The standard InChI is InChI=1S/C60H40N2/c1-3-16-41(17-4-1)44-20-13-21-45(38-44)42-32-35-49(36-33-42)61(58-40-47-19-8-9-26-51(47)54-28-11-12-29-55(54)58)50-25-14-22-46(39-50)53-30-15-31-56-60(53)59-52-27-10-7-18-43(52)34-37-57(59)62(56)48-23-5-2-6-24-48/h1-40H. The zero-order chi connectivity index (χ0) is 41.0. The van der Waals surface area contributed by atoms with Crippen LogP contribution in [0.1, 0.15) is 0 Å². The van der Waals surface area contributed by atoms with Crippen molar-refractivity contribution in [1.82, 2.24) is 4.57 Å². The van der Waals surface area contributed by atoms with Crippen LogP contribution in [0, 0.1) is 0 Å². The predicted octanol–water partition coefficient (Wildman–Crippen LogP) is 16.7. The van der Waals surface area contributed by atoms with Crippen molar-refractivity contribution in [3.05, 3.63) is 243 Å². The van der Waals surface area contributed by atoms with E-state index in [2.05, 4.69) is 252 Å². The molecule has 1 aromatic heterocycles. The molecule has 62 heavy (non-hydrogen) atoms. The van der Waals surface area contributed by atoms with Crippen LogP contribution in [-0.2, 0) is 0 Å². The van der Waals surface area contributed by atoms with Gasteiger partial charge in [0.1, 0.15) is 0 Å². The highest BCUT2D eigenvalue weighted by molar-refractivity contribution is 6.25. The van der Waals surface area contributed by atoms with Gasteiger partial charge >= 0.3 is 0 Å². The highest BCUT2D eigenvalue weighted by atomic mass is 15.1. The van der Waals surface area contributed by atoms with Crippen LogP contribution in [0.5, 0.6) is 0 Å². The minimum atomic E-state index is 1.09. The third-order valence-electron chi connectivity index (χ3n) is 12.5. The number of hydrogen-bond acceptors (Lipinski definition) is 1. The average molecular weight is 789 g/mol. The Balaban J connectivity index is 1.07. The molecule has 0 spiro atoms. The van der Waals surface area contributed by atoms with Crippen LogP contribution in [-0.4, -0.2) is 4.57 Å². The molecule has 2 heteroatoms. The van der Waals surface area contributed by atoms with Gasteiger partial charge in [0.15, 0.2) is 0 Å². The van der Waals surface area contributed by atoms with Gasteiger partial charge in [0, 0.05) is 33.2 Å². The van der Waals surface area contributed by atoms with E-state index in [-0.39, 0.29) is 0 Å². The fraction of sp³-hybridized carbons (Fsp3) is 0. The van der Waals surface area contributed by atoms with Gasteiger partial charge in [0.2, 0.25) is 0 Å². The van der Waals surface area contributed by atoms with Crippen LogP contribution in [0.25, 0.3) is 93.2 Å². The highest BCUT2D eigenvalue weighted by Crippen LogP contribution is 2.46. The number of benzene rings is 11. The molecule has 12 rings (SSSR count). The molecule has 0 aliphatic carbocycles. The first-order valence-corrected chi connectivity index (χ1v) is 21.3. The molecule has 0 bridgehead atoms. The van der Waals surface area contributed by atoms with Crippen LogP contribution < -0.4 is 4.90 Å². The van der Waals surface area contributed by atoms with Crippen molar-refractivity contribution in [1.29, 1.82) is 0 Å². The van der Waals surface area contributed by atoms with Crippen LogP contribution in [0.3, 0.4) is 0 Å². The van der Waals surface area contributed by atoms with Crippen molar-refractivity contribution >= 4 is 71.2 Å². The summed E-state index contributed by atoms with van der Waals surface area (Å²) in [7, 11) is 0. The Morgan fingerprint density at radius 1 is 0.290 bits per heavy atom. The maximum atomic E-state index is 2.45. The first-order chi connectivity index (χ1) is 30.8. The lowest BCUT2D eigenvalue weighted by molar-refractivity contribution is 1.18. The molecule has 0 aliphatic rings. The Labute approximate surface area is 360 Å². The van der Waals surface area contributed by atoms with Crippen molar-refractivity contribution in [3.8, 4) is 39.1 Å². The molecule has 0 radical (unpaired) electrons. The molecule has 0 N–H and O–H groups in total. The normalized spacial score (nSPS) is 11.5. The van der Waals surface area contributed by atoms with Gasteiger partial charge in [-0.05, 0) is 121 Å². The summed E-state index contributed by atoms with van der Waals surface area (Å²) in [5.41, 5.74) is 14.0. The molecule has 0 aliphatic heterocycles. The first kappa shape index (κ1) is 35.7. The second kappa shape index (κ2) is 14.8. The van der Waals surface area contributed by atoms with E-state index in [0.717, 1.165) is 28.3 Å². The number of fused-ring (bicyclic) bond motifs is 8. The summed E-state index contributed by atoms with van der Waals surface area (Å²) < 4.78 is 2.43. The van der Waals surface area contributed by atoms with Gasteiger partial charge in [-0.25, -0.2) is 0 Å². The van der Waals surface area contributed by atoms with Gasteiger partial charge in [0.25, 0.3) is 0 Å². The third kappa shape index (κ3) is 5.96. The van der Waals surface area contributed by atoms with E-state index in [4.69, 9.17) is 0 Å². The molecule has 0 saturated heterocycles. The second-order valence-corrected chi connectivity index (χ2v) is 16.1. The number of para-hydroxylation sites is 1. The van der Waals surface area contributed by atoms with E-state index < -0.39 is 0 Å². The molecular weight excluding hydrogens is 749 g/mol. The largest absolute Gasteiger partial charge is 0.310 e. The summed E-state index contributed by atoms with van der Waals surface area (Å²) in [4.78, 5) is 2.45. The van der Waals surface area contributed by atoms with Gasteiger partial charge < -0.3 is 9.47 Å². The van der Waals surface area contributed by atoms with Crippen LogP contribution in [0.2, 0.25) is 0 Å². The number of anilines is 3. The SMILES string of the molecule is c1ccc(-c2cccc(-c3ccc(N(c4cccc(-c5cccc6c5c5c7ccccc7ccc5n6-c5ccccc5)c4)c4cc5ccccc5c5ccccc45)cc3)c2)cc1. The Hall–Kier alpha value is -8.20. The van der Waals surface area contributed by atoms with Crippen molar-refractivity contribution < 1.29 is 0 Å². The zero-order valence-corrected chi connectivity index (χ0v) is 34.0. The van der Waals surface area contributed by atoms with Crippen molar-refractivity contribution in [2.45, 2.75) is 0 Å². The topological polar surface area (TPSA) is 8.17 Å². The molecule has 0 amide bonds. The summed E-state index contributed by atoms with van der Waals surface area (Å²) in [5.74, 6) is 0. The lowest BCUT2D eigenvalue weighted by atomic mass is 9.95. The predicted molar refractivity (Wildman–Crippen MR) is 264 cm³/mol. The number of aromatic nitrogens is 1. The highest BCUT2D eigenvalue weighted by Gasteiger charge is 2.21. The van der Waals surface area contributed by atoms with Crippen molar-refractivity contribution in [2.24, 2.45) is 0 Å². The minimum Gasteiger partial charge on any atom is -0.310 e. The summed E-state index contributed by atoms with van der Waals surface area (Å²) >= 11 is 0. The van der Waals surface area contributed by atoms with Crippen LogP contribution in [0.4, 0.5) is 17.1 Å². The van der Waals surface area contributed by atoms with Crippen molar-refractivity contribution in [3.63, 3.8) is 0 Å². The molecule has 2 nitrogen and oxygen atoms in total. The Morgan fingerprint density at radius 2 is 0.871 bits per heavy atom. The lowest BCUT2D eigenvalue weighted by Gasteiger charge is -2.28. The summed E-state index contributed by atoms with van der Waals surface area (Å²) in [6.07, 6.45) is 0. The van der Waals surface area contributed by atoms with Gasteiger partial charge in [-0.1, -0.05) is 182 Å². The first-order valence-electron chi connectivity index (χ1n) is 21.3. The summed E-state index contributed by atoms with van der Waals surface area (Å²) in [6, 6.07) is 88.5. The molecule has 0 saturated carbocycles. The molecule has 0 atom stereocenters. The summed E-state index contributed by atoms with van der Waals surface area (Å²) in [5, 5.41) is 9.92. The number of rotatable bonds is 7. The molecule has 0 unspecified atom stereocenters. The molecule has 11 aromatic carbocycles. The Morgan fingerprint density at radius 3 is 1.66 bits per heavy atom. The van der Waals surface area contributed by atoms with E-state index in [9.17, 15) is 0 Å². The van der Waals surface area contributed by atoms with Gasteiger partial charge in [-0.3, -0.25) is 0 Å². The maximum absolute atomic E-state index is 2.45. The quantitative estimate of drug-likeness (QED) is 0.146. The van der Waals surface area contributed by atoms with Crippen LogP contribution in [0.15, 0.2) is 243 Å². The van der Waals surface area contributed by atoms with E-state index in [1.807, 2.05) is 0 Å². The molecule has 12 aromatic rings. The van der Waals surface area contributed by atoms with Crippen LogP contribution >= 0.6 is 0 Å². The zero-order valence-electron chi connectivity index (χ0n) is 34.0. The van der Waals surface area contributed by atoms with E-state index in [1.165, 1.54) is 81.9 Å². The molecular formula is C60H40N2.